The molecule has 2 aliphatic rings. The number of amides is 1. The molecule has 3 rings (SSSR count). The largest absolute Gasteiger partial charge is 0.496 e. The van der Waals surface area contributed by atoms with Crippen LogP contribution in [-0.4, -0.2) is 31.6 Å². The van der Waals surface area contributed by atoms with Crippen LogP contribution in [0.25, 0.3) is 0 Å². The molecular weight excluding hydrogens is 356 g/mol. The summed E-state index contributed by atoms with van der Waals surface area (Å²) in [6.45, 7) is 1.70. The summed E-state index contributed by atoms with van der Waals surface area (Å²) in [4.78, 5) is 24.4. The molecule has 2 saturated carbocycles. The van der Waals surface area contributed by atoms with E-state index in [9.17, 15) is 9.59 Å². The van der Waals surface area contributed by atoms with Crippen LogP contribution in [-0.2, 0) is 9.53 Å². The van der Waals surface area contributed by atoms with Gasteiger partial charge in [0.05, 0.1) is 17.8 Å². The highest BCUT2D eigenvalue weighted by Gasteiger charge is 2.42. The van der Waals surface area contributed by atoms with Gasteiger partial charge in [-0.2, -0.15) is 0 Å². The predicted octanol–water partition coefficient (Wildman–Crippen LogP) is 3.03. The first-order valence-corrected chi connectivity index (χ1v) is 9.36. The van der Waals surface area contributed by atoms with E-state index in [4.69, 9.17) is 26.8 Å². The van der Waals surface area contributed by atoms with Crippen LogP contribution in [0.15, 0.2) is 12.1 Å². The van der Waals surface area contributed by atoms with Gasteiger partial charge in [0.1, 0.15) is 11.3 Å². The van der Waals surface area contributed by atoms with Gasteiger partial charge in [0.25, 0.3) is 5.91 Å². The SMILES string of the molecule is COc1cc(N)c(Cl)cc1C(=O)OCC(=O)N[C@@H](C)[C@H]1C[C@H]2CC[C@H]1C2. The van der Waals surface area contributed by atoms with Gasteiger partial charge in [0.15, 0.2) is 6.61 Å². The van der Waals surface area contributed by atoms with Crippen molar-refractivity contribution in [3.63, 3.8) is 0 Å². The molecule has 0 unspecified atom stereocenters. The fourth-order valence-electron chi connectivity index (χ4n) is 4.42. The standard InChI is InChI=1S/C19H25ClN2O4/c1-10(13-6-11-3-4-12(13)5-11)22-18(23)9-26-19(24)14-7-15(20)16(21)8-17(14)25-2/h7-8,10-13H,3-6,9,21H2,1-2H3,(H,22,23)/t10-,11-,12-,13+/m0/s1. The van der Waals surface area contributed by atoms with Crippen LogP contribution in [0.1, 0.15) is 43.0 Å². The van der Waals surface area contributed by atoms with Crippen molar-refractivity contribution in [3.05, 3.63) is 22.7 Å². The fourth-order valence-corrected chi connectivity index (χ4v) is 4.58. The third kappa shape index (κ3) is 3.90. The second-order valence-electron chi connectivity index (χ2n) is 7.35. The van der Waals surface area contributed by atoms with Gasteiger partial charge in [0.2, 0.25) is 0 Å². The van der Waals surface area contributed by atoms with Crippen molar-refractivity contribution in [2.45, 2.75) is 38.6 Å². The molecule has 0 aromatic heterocycles. The van der Waals surface area contributed by atoms with Gasteiger partial charge in [-0.15, -0.1) is 0 Å². The maximum atomic E-state index is 12.3. The molecule has 0 heterocycles. The van der Waals surface area contributed by atoms with Crippen molar-refractivity contribution in [1.82, 2.24) is 5.32 Å². The Morgan fingerprint density at radius 3 is 2.73 bits per heavy atom. The highest BCUT2D eigenvalue weighted by Crippen LogP contribution is 2.49. The number of ether oxygens (including phenoxy) is 2. The van der Waals surface area contributed by atoms with Crippen LogP contribution in [0, 0.1) is 17.8 Å². The second-order valence-corrected chi connectivity index (χ2v) is 7.75. The molecular formula is C19H25ClN2O4. The van der Waals surface area contributed by atoms with Crippen LogP contribution in [0.3, 0.4) is 0 Å². The van der Waals surface area contributed by atoms with E-state index in [0.717, 1.165) is 11.8 Å². The minimum atomic E-state index is -0.675. The van der Waals surface area contributed by atoms with Crippen molar-refractivity contribution >= 4 is 29.2 Å². The number of nitrogens with two attached hydrogens (primary N) is 1. The Morgan fingerprint density at radius 1 is 1.35 bits per heavy atom. The Hall–Kier alpha value is -1.95. The Kier molecular flexibility index (Phi) is 5.61. The average molecular weight is 381 g/mol. The lowest BCUT2D eigenvalue weighted by Crippen LogP contribution is -2.42. The first-order chi connectivity index (χ1) is 12.4. The summed E-state index contributed by atoms with van der Waals surface area (Å²) in [7, 11) is 1.42. The lowest BCUT2D eigenvalue weighted by Gasteiger charge is -2.28. The summed E-state index contributed by atoms with van der Waals surface area (Å²) in [5.74, 6) is 1.36. The monoisotopic (exact) mass is 380 g/mol. The van der Waals surface area contributed by atoms with E-state index in [1.54, 1.807) is 0 Å². The zero-order valence-electron chi connectivity index (χ0n) is 15.1. The normalized spacial score (nSPS) is 25.0. The number of benzene rings is 1. The summed E-state index contributed by atoms with van der Waals surface area (Å²) >= 11 is 5.95. The van der Waals surface area contributed by atoms with E-state index >= 15 is 0 Å². The fraction of sp³-hybridized carbons (Fsp3) is 0.579. The maximum Gasteiger partial charge on any atom is 0.342 e. The van der Waals surface area contributed by atoms with E-state index < -0.39 is 5.97 Å². The minimum Gasteiger partial charge on any atom is -0.496 e. The number of nitrogens with one attached hydrogen (secondary N) is 1. The van der Waals surface area contributed by atoms with Gasteiger partial charge in [-0.1, -0.05) is 18.0 Å². The quantitative estimate of drug-likeness (QED) is 0.584. The van der Waals surface area contributed by atoms with Crippen LogP contribution in [0.2, 0.25) is 5.02 Å². The van der Waals surface area contributed by atoms with Crippen molar-refractivity contribution in [2.75, 3.05) is 19.5 Å². The molecule has 4 atom stereocenters. The van der Waals surface area contributed by atoms with Crippen LogP contribution in [0.4, 0.5) is 5.69 Å². The van der Waals surface area contributed by atoms with Gasteiger partial charge in [-0.05, 0) is 50.0 Å². The first kappa shape index (κ1) is 18.8. The summed E-state index contributed by atoms with van der Waals surface area (Å²) in [6, 6.07) is 2.93. The molecule has 2 fully saturated rings. The van der Waals surface area contributed by atoms with E-state index in [1.165, 1.54) is 44.9 Å². The molecule has 0 spiro atoms. The Balaban J connectivity index is 1.53. The number of anilines is 1. The molecule has 2 bridgehead atoms. The van der Waals surface area contributed by atoms with Gasteiger partial charge in [0, 0.05) is 12.1 Å². The Morgan fingerprint density at radius 2 is 2.12 bits per heavy atom. The molecule has 1 aromatic rings. The molecule has 0 saturated heterocycles. The minimum absolute atomic E-state index is 0.0945. The molecule has 3 N–H and O–H groups in total. The third-order valence-electron chi connectivity index (χ3n) is 5.70. The molecule has 142 valence electrons. The Bertz CT molecular complexity index is 709. The average Bonchev–Trinajstić information content (AvgIpc) is 3.25. The smallest absolute Gasteiger partial charge is 0.342 e. The molecule has 1 aromatic carbocycles. The number of carbonyl (C=O) groups excluding carboxylic acids is 2. The first-order valence-electron chi connectivity index (χ1n) is 8.98. The molecule has 7 heteroatoms. The van der Waals surface area contributed by atoms with Crippen molar-refractivity contribution in [2.24, 2.45) is 17.8 Å². The number of fused-ring (bicyclic) bond motifs is 2. The lowest BCUT2D eigenvalue weighted by atomic mass is 9.84. The van der Waals surface area contributed by atoms with Gasteiger partial charge >= 0.3 is 5.97 Å². The van der Waals surface area contributed by atoms with E-state index in [-0.39, 0.29) is 34.9 Å². The van der Waals surface area contributed by atoms with Crippen LogP contribution in [0.5, 0.6) is 5.75 Å². The molecule has 0 aliphatic heterocycles. The van der Waals surface area contributed by atoms with Crippen LogP contribution >= 0.6 is 11.6 Å². The molecule has 1 amide bonds. The topological polar surface area (TPSA) is 90.7 Å². The van der Waals surface area contributed by atoms with Crippen LogP contribution < -0.4 is 15.8 Å². The number of carbonyl (C=O) groups is 2. The number of halogens is 1. The highest BCUT2D eigenvalue weighted by molar-refractivity contribution is 6.33. The molecule has 0 radical (unpaired) electrons. The number of methoxy groups -OCH3 is 1. The van der Waals surface area contributed by atoms with Crippen molar-refractivity contribution in [3.8, 4) is 5.75 Å². The highest BCUT2D eigenvalue weighted by atomic mass is 35.5. The Labute approximate surface area is 158 Å². The maximum absolute atomic E-state index is 12.3. The summed E-state index contributed by atoms with van der Waals surface area (Å²) < 4.78 is 10.3. The van der Waals surface area contributed by atoms with E-state index in [0.29, 0.717) is 11.6 Å². The molecule has 2 aliphatic carbocycles. The predicted molar refractivity (Wildman–Crippen MR) is 99.2 cm³/mol. The zero-order chi connectivity index (χ0) is 18.8. The third-order valence-corrected chi connectivity index (χ3v) is 6.02. The number of rotatable bonds is 6. The number of nitrogen functional groups attached to an aromatic ring is 1. The number of hydrogen-bond donors (Lipinski definition) is 2. The second kappa shape index (κ2) is 7.74. The molecule has 6 nitrogen and oxygen atoms in total. The summed E-state index contributed by atoms with van der Waals surface area (Å²) in [5, 5.41) is 3.20. The number of esters is 1. The van der Waals surface area contributed by atoms with Gasteiger partial charge in [-0.25, -0.2) is 4.79 Å². The van der Waals surface area contributed by atoms with E-state index in [2.05, 4.69) is 5.32 Å². The zero-order valence-corrected chi connectivity index (χ0v) is 15.8. The summed E-state index contributed by atoms with van der Waals surface area (Å²) in [6.07, 6.45) is 5.07. The molecule has 26 heavy (non-hydrogen) atoms. The lowest BCUT2D eigenvalue weighted by molar-refractivity contribution is -0.125. The number of hydrogen-bond acceptors (Lipinski definition) is 5. The van der Waals surface area contributed by atoms with Crippen molar-refractivity contribution in [1.29, 1.82) is 0 Å². The van der Waals surface area contributed by atoms with Crippen molar-refractivity contribution < 1.29 is 19.1 Å². The van der Waals surface area contributed by atoms with Gasteiger partial charge in [-0.3, -0.25) is 4.79 Å². The van der Waals surface area contributed by atoms with E-state index in [1.807, 2.05) is 6.92 Å². The summed E-state index contributed by atoms with van der Waals surface area (Å²) in [5.41, 5.74) is 6.14. The van der Waals surface area contributed by atoms with Gasteiger partial charge < -0.3 is 20.5 Å².